The summed E-state index contributed by atoms with van der Waals surface area (Å²) >= 11 is 0. The van der Waals surface area contributed by atoms with Gasteiger partial charge in [-0.1, -0.05) is 12.1 Å². The van der Waals surface area contributed by atoms with Crippen LogP contribution in [0.4, 0.5) is 0 Å². The highest BCUT2D eigenvalue weighted by Gasteiger charge is 2.41. The van der Waals surface area contributed by atoms with Crippen molar-refractivity contribution in [3.63, 3.8) is 0 Å². The Bertz CT molecular complexity index is 572. The van der Waals surface area contributed by atoms with Crippen LogP contribution in [-0.4, -0.2) is 27.8 Å². The van der Waals surface area contributed by atoms with Gasteiger partial charge in [-0.25, -0.2) is 4.98 Å². The van der Waals surface area contributed by atoms with E-state index in [1.807, 2.05) is 18.2 Å². The zero-order valence-electron chi connectivity index (χ0n) is 11.4. The molecular weight excluding hydrogens is 238 g/mol. The van der Waals surface area contributed by atoms with Crippen LogP contribution in [0.15, 0.2) is 24.3 Å². The molecule has 3 rings (SSSR count). The summed E-state index contributed by atoms with van der Waals surface area (Å²) in [5, 5.41) is 12.6. The molecule has 0 saturated heterocycles. The Kier molecular flexibility index (Phi) is 3.29. The lowest BCUT2D eigenvalue weighted by molar-refractivity contribution is 0.245. The van der Waals surface area contributed by atoms with Gasteiger partial charge in [-0.05, 0) is 36.8 Å². The summed E-state index contributed by atoms with van der Waals surface area (Å²) in [7, 11) is 2.06. The van der Waals surface area contributed by atoms with E-state index in [0.29, 0.717) is 12.0 Å². The standard InChI is InChI=1S/C15H21N3O/c1-18-13-5-3-2-4-12(13)17-14(18)10-16-11-15(6-7-15)8-9-19/h2-5,16,19H,6-11H2,1H3. The molecule has 19 heavy (non-hydrogen) atoms. The lowest BCUT2D eigenvalue weighted by atomic mass is 10.0. The number of fused-ring (bicyclic) bond motifs is 1. The molecule has 1 aromatic heterocycles. The monoisotopic (exact) mass is 259 g/mol. The molecular formula is C15H21N3O. The number of para-hydroxylation sites is 2. The summed E-state index contributed by atoms with van der Waals surface area (Å²) < 4.78 is 2.15. The molecule has 102 valence electrons. The maximum Gasteiger partial charge on any atom is 0.123 e. The predicted molar refractivity (Wildman–Crippen MR) is 75.8 cm³/mol. The number of aryl methyl sites for hydroxylation is 1. The Morgan fingerprint density at radius 3 is 2.84 bits per heavy atom. The summed E-state index contributed by atoms with van der Waals surface area (Å²) in [4.78, 5) is 4.65. The molecule has 0 atom stereocenters. The Labute approximate surface area is 113 Å². The molecule has 1 aliphatic carbocycles. The Hall–Kier alpha value is -1.39. The van der Waals surface area contributed by atoms with Gasteiger partial charge in [-0.15, -0.1) is 0 Å². The van der Waals surface area contributed by atoms with Crippen LogP contribution >= 0.6 is 0 Å². The topological polar surface area (TPSA) is 50.1 Å². The average Bonchev–Trinajstić information content (AvgIpc) is 3.10. The van der Waals surface area contributed by atoms with Crippen molar-refractivity contribution in [2.75, 3.05) is 13.2 Å². The number of nitrogens with zero attached hydrogens (tertiary/aromatic N) is 2. The smallest absolute Gasteiger partial charge is 0.123 e. The van der Waals surface area contributed by atoms with Gasteiger partial charge in [0, 0.05) is 20.2 Å². The quantitative estimate of drug-likeness (QED) is 0.832. The molecule has 1 aromatic carbocycles. The van der Waals surface area contributed by atoms with Gasteiger partial charge in [0.1, 0.15) is 5.82 Å². The third kappa shape index (κ3) is 2.51. The lowest BCUT2D eigenvalue weighted by Gasteiger charge is -2.14. The normalized spacial score (nSPS) is 16.9. The number of nitrogens with one attached hydrogen (secondary N) is 1. The number of imidazole rings is 1. The maximum absolute atomic E-state index is 9.05. The van der Waals surface area contributed by atoms with Gasteiger partial charge in [0.05, 0.1) is 17.6 Å². The van der Waals surface area contributed by atoms with Crippen LogP contribution in [-0.2, 0) is 13.6 Å². The van der Waals surface area contributed by atoms with Crippen LogP contribution in [0, 0.1) is 5.41 Å². The highest BCUT2D eigenvalue weighted by atomic mass is 16.3. The van der Waals surface area contributed by atoms with E-state index in [1.165, 1.54) is 18.4 Å². The van der Waals surface area contributed by atoms with Gasteiger partial charge in [-0.2, -0.15) is 0 Å². The molecule has 4 nitrogen and oxygen atoms in total. The van der Waals surface area contributed by atoms with E-state index in [0.717, 1.165) is 30.9 Å². The molecule has 1 fully saturated rings. The van der Waals surface area contributed by atoms with Crippen molar-refractivity contribution in [3.05, 3.63) is 30.1 Å². The summed E-state index contributed by atoms with van der Waals surface area (Å²) in [6, 6.07) is 8.21. The second-order valence-electron chi connectivity index (χ2n) is 5.65. The number of hydrogen-bond donors (Lipinski definition) is 2. The lowest BCUT2D eigenvalue weighted by Crippen LogP contribution is -2.25. The van der Waals surface area contributed by atoms with Crippen molar-refractivity contribution >= 4 is 11.0 Å². The van der Waals surface area contributed by atoms with Crippen molar-refractivity contribution in [3.8, 4) is 0 Å². The molecule has 1 heterocycles. The zero-order valence-corrected chi connectivity index (χ0v) is 11.4. The first-order valence-electron chi connectivity index (χ1n) is 6.96. The molecule has 0 radical (unpaired) electrons. The number of aromatic nitrogens is 2. The van der Waals surface area contributed by atoms with Crippen LogP contribution in [0.1, 0.15) is 25.1 Å². The fourth-order valence-corrected chi connectivity index (χ4v) is 2.72. The van der Waals surface area contributed by atoms with Crippen LogP contribution in [0.2, 0.25) is 0 Å². The molecule has 1 aliphatic rings. The van der Waals surface area contributed by atoms with Crippen molar-refractivity contribution in [1.29, 1.82) is 0 Å². The van der Waals surface area contributed by atoms with Crippen LogP contribution < -0.4 is 5.32 Å². The third-order valence-electron chi connectivity index (χ3n) is 4.26. The van der Waals surface area contributed by atoms with Gasteiger partial charge < -0.3 is 15.0 Å². The first-order valence-corrected chi connectivity index (χ1v) is 6.96. The summed E-state index contributed by atoms with van der Waals surface area (Å²) in [5.74, 6) is 1.07. The number of benzene rings is 1. The SMILES string of the molecule is Cn1c(CNCC2(CCO)CC2)nc2ccccc21. The number of aliphatic hydroxyl groups is 1. The largest absolute Gasteiger partial charge is 0.396 e. The van der Waals surface area contributed by atoms with E-state index in [2.05, 4.69) is 28.0 Å². The Balaban J connectivity index is 1.64. The van der Waals surface area contributed by atoms with Gasteiger partial charge in [-0.3, -0.25) is 0 Å². The molecule has 0 amide bonds. The fraction of sp³-hybridized carbons (Fsp3) is 0.533. The van der Waals surface area contributed by atoms with E-state index in [4.69, 9.17) is 5.11 Å². The van der Waals surface area contributed by atoms with Gasteiger partial charge in [0.2, 0.25) is 0 Å². The molecule has 0 bridgehead atoms. The molecule has 2 aromatic rings. The van der Waals surface area contributed by atoms with E-state index in [1.54, 1.807) is 0 Å². The number of aliphatic hydroxyl groups excluding tert-OH is 1. The number of hydrogen-bond acceptors (Lipinski definition) is 3. The third-order valence-corrected chi connectivity index (χ3v) is 4.26. The van der Waals surface area contributed by atoms with Crippen LogP contribution in [0.25, 0.3) is 11.0 Å². The number of rotatable bonds is 6. The summed E-state index contributed by atoms with van der Waals surface area (Å²) in [6.07, 6.45) is 3.40. The Morgan fingerprint density at radius 1 is 1.37 bits per heavy atom. The molecule has 0 spiro atoms. The molecule has 0 unspecified atom stereocenters. The van der Waals surface area contributed by atoms with Crippen molar-refractivity contribution in [1.82, 2.24) is 14.9 Å². The second-order valence-corrected chi connectivity index (χ2v) is 5.65. The minimum atomic E-state index is 0.300. The van der Waals surface area contributed by atoms with Gasteiger partial charge in [0.25, 0.3) is 0 Å². The molecule has 0 aliphatic heterocycles. The first-order chi connectivity index (χ1) is 9.24. The van der Waals surface area contributed by atoms with E-state index in [-0.39, 0.29) is 0 Å². The van der Waals surface area contributed by atoms with Crippen molar-refractivity contribution < 1.29 is 5.11 Å². The van der Waals surface area contributed by atoms with E-state index < -0.39 is 0 Å². The van der Waals surface area contributed by atoms with Crippen molar-refractivity contribution in [2.45, 2.75) is 25.8 Å². The highest BCUT2D eigenvalue weighted by molar-refractivity contribution is 5.75. The Morgan fingerprint density at radius 2 is 2.16 bits per heavy atom. The van der Waals surface area contributed by atoms with E-state index in [9.17, 15) is 0 Å². The van der Waals surface area contributed by atoms with Crippen molar-refractivity contribution in [2.24, 2.45) is 12.5 Å². The van der Waals surface area contributed by atoms with E-state index >= 15 is 0 Å². The zero-order chi connectivity index (χ0) is 13.3. The molecule has 4 heteroatoms. The second kappa shape index (κ2) is 4.94. The average molecular weight is 259 g/mol. The summed E-state index contributed by atoms with van der Waals surface area (Å²) in [5.41, 5.74) is 2.59. The molecule has 2 N–H and O–H groups in total. The fourth-order valence-electron chi connectivity index (χ4n) is 2.72. The van der Waals surface area contributed by atoms with Crippen LogP contribution in [0.5, 0.6) is 0 Å². The summed E-state index contributed by atoms with van der Waals surface area (Å²) in [6.45, 7) is 2.07. The van der Waals surface area contributed by atoms with Gasteiger partial charge in [0.15, 0.2) is 0 Å². The maximum atomic E-state index is 9.05. The minimum absolute atomic E-state index is 0.300. The van der Waals surface area contributed by atoms with Gasteiger partial charge >= 0.3 is 0 Å². The highest BCUT2D eigenvalue weighted by Crippen LogP contribution is 2.47. The predicted octanol–water partition coefficient (Wildman–Crippen LogP) is 1.83. The molecule has 1 saturated carbocycles. The minimum Gasteiger partial charge on any atom is -0.396 e. The first kappa shape index (κ1) is 12.6. The van der Waals surface area contributed by atoms with Crippen LogP contribution in [0.3, 0.4) is 0 Å².